The highest BCUT2D eigenvalue weighted by atomic mass is 16.5. The smallest absolute Gasteiger partial charge is 0.339 e. The second kappa shape index (κ2) is 5.79. The first-order valence-corrected chi connectivity index (χ1v) is 7.41. The molecule has 3 heterocycles. The molecule has 0 bridgehead atoms. The molecule has 20 heavy (non-hydrogen) atoms. The zero-order valence-electron chi connectivity index (χ0n) is 11.8. The van der Waals surface area contributed by atoms with Crippen LogP contribution >= 0.6 is 0 Å². The molecule has 1 N–H and O–H groups in total. The Morgan fingerprint density at radius 3 is 3.10 bits per heavy atom. The number of aromatic nitrogens is 1. The molecular weight excluding hydrogens is 254 g/mol. The first kappa shape index (κ1) is 13.4. The Morgan fingerprint density at radius 1 is 1.45 bits per heavy atom. The van der Waals surface area contributed by atoms with E-state index in [0.29, 0.717) is 24.3 Å². The third kappa shape index (κ3) is 2.63. The highest BCUT2D eigenvalue weighted by Gasteiger charge is 2.37. The summed E-state index contributed by atoms with van der Waals surface area (Å²) in [6.07, 6.45) is 5.34. The summed E-state index contributed by atoms with van der Waals surface area (Å²) in [6, 6.07) is 4.78. The van der Waals surface area contributed by atoms with Crippen LogP contribution in [0.5, 0.6) is 0 Å². The van der Waals surface area contributed by atoms with Gasteiger partial charge >= 0.3 is 5.97 Å². The molecule has 1 aromatic heterocycles. The Hall–Kier alpha value is -1.62. The molecule has 5 nitrogen and oxygen atoms in total. The van der Waals surface area contributed by atoms with Crippen LogP contribution in [-0.4, -0.2) is 47.6 Å². The fraction of sp³-hybridized carbons (Fsp3) is 0.600. The lowest BCUT2D eigenvalue weighted by atomic mass is 10.1. The van der Waals surface area contributed by atoms with Crippen LogP contribution < -0.4 is 5.32 Å². The molecule has 0 aromatic carbocycles. The van der Waals surface area contributed by atoms with Crippen molar-refractivity contribution in [3.8, 4) is 0 Å². The Kier molecular flexibility index (Phi) is 3.87. The van der Waals surface area contributed by atoms with Crippen molar-refractivity contribution in [1.82, 2.24) is 9.88 Å². The van der Waals surface area contributed by atoms with Crippen molar-refractivity contribution in [1.29, 1.82) is 0 Å². The van der Waals surface area contributed by atoms with Gasteiger partial charge in [0.25, 0.3) is 0 Å². The molecular formula is C15H21N3O2. The SMILES string of the molecule is CCOC(=O)c1ccc(NC2CCN3CCCC23)nc1. The molecule has 2 fully saturated rings. The number of carbonyl (C=O) groups excluding carboxylic acids is 1. The number of nitrogens with one attached hydrogen (secondary N) is 1. The van der Waals surface area contributed by atoms with E-state index in [4.69, 9.17) is 4.74 Å². The number of rotatable bonds is 4. The van der Waals surface area contributed by atoms with Crippen molar-refractivity contribution in [2.75, 3.05) is 25.0 Å². The van der Waals surface area contributed by atoms with Crippen molar-refractivity contribution >= 4 is 11.8 Å². The van der Waals surface area contributed by atoms with Crippen molar-refractivity contribution in [3.05, 3.63) is 23.9 Å². The average molecular weight is 275 g/mol. The summed E-state index contributed by atoms with van der Waals surface area (Å²) in [5, 5.41) is 3.51. The molecule has 2 saturated heterocycles. The Balaban J connectivity index is 1.62. The molecule has 0 radical (unpaired) electrons. The van der Waals surface area contributed by atoms with E-state index >= 15 is 0 Å². The molecule has 108 valence electrons. The summed E-state index contributed by atoms with van der Waals surface area (Å²) < 4.78 is 4.95. The van der Waals surface area contributed by atoms with Crippen LogP contribution in [0, 0.1) is 0 Å². The van der Waals surface area contributed by atoms with Crippen molar-refractivity contribution in [3.63, 3.8) is 0 Å². The number of anilines is 1. The van der Waals surface area contributed by atoms with Crippen LogP contribution in [0.25, 0.3) is 0 Å². The van der Waals surface area contributed by atoms with Crippen molar-refractivity contribution in [2.24, 2.45) is 0 Å². The normalized spacial score (nSPS) is 25.4. The van der Waals surface area contributed by atoms with Gasteiger partial charge in [-0.1, -0.05) is 0 Å². The Bertz CT molecular complexity index is 475. The van der Waals surface area contributed by atoms with E-state index in [1.54, 1.807) is 19.2 Å². The van der Waals surface area contributed by atoms with Gasteiger partial charge in [0.1, 0.15) is 5.82 Å². The van der Waals surface area contributed by atoms with Crippen LogP contribution in [0.4, 0.5) is 5.82 Å². The van der Waals surface area contributed by atoms with E-state index < -0.39 is 0 Å². The van der Waals surface area contributed by atoms with Gasteiger partial charge in [-0.3, -0.25) is 4.90 Å². The number of nitrogens with zero attached hydrogens (tertiary/aromatic N) is 2. The molecule has 0 saturated carbocycles. The van der Waals surface area contributed by atoms with Crippen molar-refractivity contribution in [2.45, 2.75) is 38.3 Å². The molecule has 0 spiro atoms. The number of fused-ring (bicyclic) bond motifs is 1. The molecule has 1 aromatic rings. The minimum Gasteiger partial charge on any atom is -0.462 e. The maximum Gasteiger partial charge on any atom is 0.339 e. The maximum absolute atomic E-state index is 11.6. The molecule has 2 aliphatic rings. The fourth-order valence-electron chi connectivity index (χ4n) is 3.26. The van der Waals surface area contributed by atoms with Gasteiger partial charge in [0.2, 0.25) is 0 Å². The van der Waals surface area contributed by atoms with Gasteiger partial charge in [0.15, 0.2) is 0 Å². The second-order valence-electron chi connectivity index (χ2n) is 5.44. The van der Waals surface area contributed by atoms with E-state index in [1.165, 1.54) is 32.4 Å². The predicted octanol–water partition coefficient (Wildman–Crippen LogP) is 1.91. The van der Waals surface area contributed by atoms with Crippen LogP contribution in [0.1, 0.15) is 36.5 Å². The monoisotopic (exact) mass is 275 g/mol. The second-order valence-corrected chi connectivity index (χ2v) is 5.44. The topological polar surface area (TPSA) is 54.5 Å². The highest BCUT2D eigenvalue weighted by Crippen LogP contribution is 2.29. The number of pyridine rings is 1. The molecule has 2 aliphatic heterocycles. The van der Waals surface area contributed by atoms with Crippen LogP contribution in [-0.2, 0) is 4.74 Å². The minimum absolute atomic E-state index is 0.311. The number of hydrogen-bond donors (Lipinski definition) is 1. The van der Waals surface area contributed by atoms with Gasteiger partial charge in [-0.25, -0.2) is 9.78 Å². The Labute approximate surface area is 119 Å². The Morgan fingerprint density at radius 2 is 2.35 bits per heavy atom. The van der Waals surface area contributed by atoms with Crippen LogP contribution in [0.15, 0.2) is 18.3 Å². The summed E-state index contributed by atoms with van der Waals surface area (Å²) >= 11 is 0. The average Bonchev–Trinajstić information content (AvgIpc) is 3.05. The molecule has 0 aliphatic carbocycles. The van der Waals surface area contributed by atoms with Gasteiger partial charge < -0.3 is 10.1 Å². The highest BCUT2D eigenvalue weighted by molar-refractivity contribution is 5.89. The van der Waals surface area contributed by atoms with Gasteiger partial charge in [-0.15, -0.1) is 0 Å². The van der Waals surface area contributed by atoms with Gasteiger partial charge in [0, 0.05) is 24.8 Å². The first-order valence-electron chi connectivity index (χ1n) is 7.41. The van der Waals surface area contributed by atoms with E-state index in [9.17, 15) is 4.79 Å². The number of carbonyl (C=O) groups is 1. The summed E-state index contributed by atoms with van der Waals surface area (Å²) in [4.78, 5) is 18.5. The number of hydrogen-bond acceptors (Lipinski definition) is 5. The predicted molar refractivity (Wildman–Crippen MR) is 76.8 cm³/mol. The number of esters is 1. The molecule has 2 atom stereocenters. The van der Waals surface area contributed by atoms with E-state index in [1.807, 2.05) is 6.07 Å². The zero-order chi connectivity index (χ0) is 13.9. The molecule has 5 heteroatoms. The van der Waals surface area contributed by atoms with Crippen LogP contribution in [0.2, 0.25) is 0 Å². The van der Waals surface area contributed by atoms with Crippen molar-refractivity contribution < 1.29 is 9.53 Å². The lowest BCUT2D eigenvalue weighted by Gasteiger charge is -2.21. The lowest BCUT2D eigenvalue weighted by molar-refractivity contribution is 0.0526. The van der Waals surface area contributed by atoms with E-state index in [-0.39, 0.29) is 5.97 Å². The van der Waals surface area contributed by atoms with Gasteiger partial charge in [-0.05, 0) is 44.9 Å². The van der Waals surface area contributed by atoms with E-state index in [2.05, 4.69) is 15.2 Å². The third-order valence-electron chi connectivity index (χ3n) is 4.21. The third-order valence-corrected chi connectivity index (χ3v) is 4.21. The lowest BCUT2D eigenvalue weighted by Crippen LogP contribution is -2.33. The zero-order valence-corrected chi connectivity index (χ0v) is 11.8. The molecule has 0 amide bonds. The van der Waals surface area contributed by atoms with Crippen LogP contribution in [0.3, 0.4) is 0 Å². The van der Waals surface area contributed by atoms with Gasteiger partial charge in [-0.2, -0.15) is 0 Å². The first-order chi connectivity index (χ1) is 9.78. The number of ether oxygens (including phenoxy) is 1. The van der Waals surface area contributed by atoms with Gasteiger partial charge in [0.05, 0.1) is 12.2 Å². The largest absolute Gasteiger partial charge is 0.462 e. The maximum atomic E-state index is 11.6. The summed E-state index contributed by atoms with van der Waals surface area (Å²) in [5.41, 5.74) is 0.506. The summed E-state index contributed by atoms with van der Waals surface area (Å²) in [5.74, 6) is 0.534. The summed E-state index contributed by atoms with van der Waals surface area (Å²) in [6.45, 7) is 4.61. The minimum atomic E-state index is -0.311. The standard InChI is InChI=1S/C15H21N3O2/c1-2-20-15(19)11-5-6-14(16-10-11)17-12-7-9-18-8-3-4-13(12)18/h5-6,10,12-13H,2-4,7-9H2,1H3,(H,16,17). The molecule has 3 rings (SSSR count). The fourth-order valence-corrected chi connectivity index (χ4v) is 3.26. The molecule has 2 unspecified atom stereocenters. The quantitative estimate of drug-likeness (QED) is 0.851. The van der Waals surface area contributed by atoms with E-state index in [0.717, 1.165) is 5.82 Å². The summed E-state index contributed by atoms with van der Waals surface area (Å²) in [7, 11) is 0.